The van der Waals surface area contributed by atoms with Crippen molar-refractivity contribution in [2.75, 3.05) is 52.5 Å². The van der Waals surface area contributed by atoms with Gasteiger partial charge >= 0.3 is 0 Å². The van der Waals surface area contributed by atoms with Crippen LogP contribution in [0.25, 0.3) is 0 Å². The minimum absolute atomic E-state index is 0.0908. The highest BCUT2D eigenvalue weighted by Crippen LogP contribution is 2.29. The Kier molecular flexibility index (Phi) is 19.8. The predicted octanol–water partition coefficient (Wildman–Crippen LogP) is 3.21. The van der Waals surface area contributed by atoms with E-state index in [2.05, 4.69) is 71.5 Å². The largest absolute Gasteiger partial charge is 0.379 e. The lowest BCUT2D eigenvalue weighted by Gasteiger charge is -2.25. The molecular formula is C40H61N5O7. The monoisotopic (exact) mass is 723 g/mol. The minimum atomic E-state index is -0.872. The first-order chi connectivity index (χ1) is 24.7. The Morgan fingerprint density at radius 1 is 0.750 bits per heavy atom. The summed E-state index contributed by atoms with van der Waals surface area (Å²) in [5, 5.41) is 10.5. The molecule has 2 saturated heterocycles. The normalized spacial score (nSPS) is 17.6. The molecule has 0 spiro atoms. The topological polar surface area (TPSA) is 158 Å². The smallest absolute Gasteiger partial charge is 0.243 e. The third kappa shape index (κ3) is 18.4. The standard InChI is InChI=1S/C25H43N5O7.C8H10.C7H8/c1-16(2)10-18(23(34)25(5)15-37-25)28-21(32)13-27-24(35)19(11-17(3)4)29-20(31)12-26-22(33)14-30-6-8-36-9-7-30;1-2-8-6-4-3-5-7-8;1-7-5-3-2-4-6-7/h16-19H,6-15H2,1-5H3,(H,26,33)(H,27,35)(H,28,32)(H,29,31);3-7H,2H2,1H3;2-6H,1H3/t18-,19-,25+;;/m0../s1. The van der Waals surface area contributed by atoms with Crippen molar-refractivity contribution in [1.29, 1.82) is 0 Å². The van der Waals surface area contributed by atoms with E-state index in [4.69, 9.17) is 9.47 Å². The van der Waals surface area contributed by atoms with Crippen LogP contribution in [0.15, 0.2) is 60.7 Å². The van der Waals surface area contributed by atoms with E-state index in [0.29, 0.717) is 45.8 Å². The van der Waals surface area contributed by atoms with E-state index >= 15 is 0 Å². The highest BCUT2D eigenvalue weighted by atomic mass is 16.6. The Balaban J connectivity index is 0.000000507. The van der Waals surface area contributed by atoms with Gasteiger partial charge in [-0.15, -0.1) is 0 Å². The average molecular weight is 724 g/mol. The van der Waals surface area contributed by atoms with E-state index in [1.807, 2.05) is 56.9 Å². The number of morpholine rings is 1. The van der Waals surface area contributed by atoms with Gasteiger partial charge in [0.1, 0.15) is 11.6 Å². The molecule has 2 aromatic carbocycles. The SMILES string of the molecule is CC(C)C[C@H](NC(=O)CNC(=O)CN1CCOCC1)C(=O)NCC(=O)N[C@@H](CC(C)C)C(=O)[C@@]1(C)CO1.CCc1ccccc1.Cc1ccccc1. The van der Waals surface area contributed by atoms with E-state index in [1.165, 1.54) is 11.1 Å². The molecule has 0 saturated carbocycles. The molecule has 2 fully saturated rings. The van der Waals surface area contributed by atoms with E-state index < -0.39 is 35.4 Å². The van der Waals surface area contributed by atoms with Gasteiger partial charge in [0.05, 0.1) is 45.5 Å². The number of nitrogens with one attached hydrogen (secondary N) is 4. The fourth-order valence-corrected chi connectivity index (χ4v) is 5.25. The molecule has 0 unspecified atom stereocenters. The minimum Gasteiger partial charge on any atom is -0.379 e. The summed E-state index contributed by atoms with van der Waals surface area (Å²) >= 11 is 0. The lowest BCUT2D eigenvalue weighted by atomic mass is 9.93. The van der Waals surface area contributed by atoms with Crippen LogP contribution in [0.2, 0.25) is 0 Å². The van der Waals surface area contributed by atoms with Gasteiger partial charge in [-0.3, -0.25) is 28.9 Å². The first kappa shape index (κ1) is 44.0. The number of hydrogen-bond donors (Lipinski definition) is 4. The molecule has 2 aliphatic heterocycles. The zero-order valence-corrected chi connectivity index (χ0v) is 32.2. The number of amides is 4. The van der Waals surface area contributed by atoms with Crippen molar-refractivity contribution in [3.63, 3.8) is 0 Å². The first-order valence-corrected chi connectivity index (χ1v) is 18.4. The van der Waals surface area contributed by atoms with Gasteiger partial charge in [0.2, 0.25) is 23.6 Å². The molecule has 12 heteroatoms. The Hall–Kier alpha value is -4.13. The first-order valence-electron chi connectivity index (χ1n) is 18.4. The summed E-state index contributed by atoms with van der Waals surface area (Å²) in [6, 6.07) is 19.1. The fourth-order valence-electron chi connectivity index (χ4n) is 5.25. The van der Waals surface area contributed by atoms with Crippen LogP contribution in [0.4, 0.5) is 0 Å². The number of carbonyl (C=O) groups excluding carboxylic acids is 5. The second-order valence-corrected chi connectivity index (χ2v) is 14.3. The number of nitrogens with zero attached hydrogens (tertiary/aromatic N) is 1. The number of ketones is 1. The second kappa shape index (κ2) is 23.4. The molecule has 288 valence electrons. The number of ether oxygens (including phenoxy) is 2. The number of hydrogen-bond acceptors (Lipinski definition) is 8. The molecule has 2 heterocycles. The van der Waals surface area contributed by atoms with Crippen molar-refractivity contribution in [3.8, 4) is 0 Å². The molecular weight excluding hydrogens is 662 g/mol. The van der Waals surface area contributed by atoms with E-state index in [-0.39, 0.29) is 43.2 Å². The summed E-state index contributed by atoms with van der Waals surface area (Å²) in [6.45, 7) is 16.0. The van der Waals surface area contributed by atoms with Gasteiger partial charge in [-0.25, -0.2) is 0 Å². The number of rotatable bonds is 16. The molecule has 52 heavy (non-hydrogen) atoms. The van der Waals surface area contributed by atoms with Crippen LogP contribution < -0.4 is 21.3 Å². The number of epoxide rings is 1. The highest BCUT2D eigenvalue weighted by Gasteiger charge is 2.50. The zero-order chi connectivity index (χ0) is 38.5. The van der Waals surface area contributed by atoms with Crippen molar-refractivity contribution >= 4 is 29.4 Å². The molecule has 0 bridgehead atoms. The molecule has 2 aromatic rings. The maximum absolute atomic E-state index is 12.8. The summed E-state index contributed by atoms with van der Waals surface area (Å²) in [6.07, 6.45) is 1.95. The third-order valence-corrected chi connectivity index (χ3v) is 8.35. The van der Waals surface area contributed by atoms with Gasteiger partial charge < -0.3 is 30.7 Å². The van der Waals surface area contributed by atoms with Crippen molar-refractivity contribution in [1.82, 2.24) is 26.2 Å². The summed E-state index contributed by atoms with van der Waals surface area (Å²) in [4.78, 5) is 64.5. The summed E-state index contributed by atoms with van der Waals surface area (Å²) in [5.41, 5.74) is 1.87. The molecule has 0 aromatic heterocycles. The van der Waals surface area contributed by atoms with Crippen LogP contribution in [-0.2, 0) is 39.9 Å². The Labute approximate surface area is 310 Å². The summed E-state index contributed by atoms with van der Waals surface area (Å²) < 4.78 is 10.5. The van der Waals surface area contributed by atoms with Crippen LogP contribution in [0, 0.1) is 18.8 Å². The lowest BCUT2D eigenvalue weighted by Crippen LogP contribution is -2.53. The van der Waals surface area contributed by atoms with Crippen LogP contribution in [0.5, 0.6) is 0 Å². The van der Waals surface area contributed by atoms with Crippen molar-refractivity contribution < 1.29 is 33.4 Å². The molecule has 4 N–H and O–H groups in total. The van der Waals surface area contributed by atoms with Crippen LogP contribution in [0.3, 0.4) is 0 Å². The number of aryl methyl sites for hydroxylation is 2. The Bertz CT molecular complexity index is 1380. The Morgan fingerprint density at radius 3 is 1.71 bits per heavy atom. The number of Topliss-reactive ketones (excluding diaryl/α,β-unsaturated/α-hetero) is 1. The van der Waals surface area contributed by atoms with Gasteiger partial charge in [-0.1, -0.05) is 101 Å². The van der Waals surface area contributed by atoms with Gasteiger partial charge in [0, 0.05) is 13.1 Å². The lowest BCUT2D eigenvalue weighted by molar-refractivity contribution is -0.132. The average Bonchev–Trinajstić information content (AvgIpc) is 3.88. The zero-order valence-electron chi connectivity index (χ0n) is 32.2. The molecule has 0 radical (unpaired) electrons. The summed E-state index contributed by atoms with van der Waals surface area (Å²) in [7, 11) is 0. The van der Waals surface area contributed by atoms with Gasteiger partial charge in [0.15, 0.2) is 5.78 Å². The number of benzene rings is 2. The molecule has 2 aliphatic rings. The predicted molar refractivity (Wildman–Crippen MR) is 202 cm³/mol. The molecule has 12 nitrogen and oxygen atoms in total. The molecule has 3 atom stereocenters. The fraction of sp³-hybridized carbons (Fsp3) is 0.575. The number of carbonyl (C=O) groups is 5. The Morgan fingerprint density at radius 2 is 1.25 bits per heavy atom. The quantitative estimate of drug-likeness (QED) is 0.192. The summed E-state index contributed by atoms with van der Waals surface area (Å²) in [5.74, 6) is -1.71. The van der Waals surface area contributed by atoms with E-state index in [1.54, 1.807) is 6.92 Å². The van der Waals surface area contributed by atoms with Crippen molar-refractivity contribution in [3.05, 3.63) is 71.8 Å². The van der Waals surface area contributed by atoms with Crippen LogP contribution in [-0.4, -0.2) is 105 Å². The highest BCUT2D eigenvalue weighted by molar-refractivity contribution is 5.97. The van der Waals surface area contributed by atoms with Crippen molar-refractivity contribution in [2.45, 2.75) is 85.4 Å². The van der Waals surface area contributed by atoms with Gasteiger partial charge in [-0.2, -0.15) is 0 Å². The van der Waals surface area contributed by atoms with Crippen LogP contribution >= 0.6 is 0 Å². The molecule has 4 amide bonds. The van der Waals surface area contributed by atoms with Gasteiger partial charge in [-0.05, 0) is 50.5 Å². The molecule has 4 rings (SSSR count). The maximum Gasteiger partial charge on any atom is 0.243 e. The van der Waals surface area contributed by atoms with E-state index in [0.717, 1.165) is 6.42 Å². The second-order valence-electron chi connectivity index (χ2n) is 14.3. The van der Waals surface area contributed by atoms with Gasteiger partial charge in [0.25, 0.3) is 0 Å². The molecule has 0 aliphatic carbocycles. The third-order valence-electron chi connectivity index (χ3n) is 8.35. The maximum atomic E-state index is 12.8. The van der Waals surface area contributed by atoms with E-state index in [9.17, 15) is 24.0 Å². The van der Waals surface area contributed by atoms with Crippen molar-refractivity contribution in [2.24, 2.45) is 11.8 Å². The van der Waals surface area contributed by atoms with Crippen LogP contribution in [0.1, 0.15) is 65.5 Å².